The van der Waals surface area contributed by atoms with Gasteiger partial charge in [-0.1, -0.05) is 49.4 Å². The Kier molecular flexibility index (Phi) is 6.08. The normalized spacial score (nSPS) is 14.4. The van der Waals surface area contributed by atoms with Crippen LogP contribution in [-0.2, 0) is 17.8 Å². The Morgan fingerprint density at radius 2 is 2.00 bits per heavy atom. The fourth-order valence-corrected chi connectivity index (χ4v) is 4.47. The van der Waals surface area contributed by atoms with Gasteiger partial charge in [0.05, 0.1) is 12.3 Å². The van der Waals surface area contributed by atoms with E-state index in [-0.39, 0.29) is 5.56 Å². The zero-order chi connectivity index (χ0) is 20.4. The summed E-state index contributed by atoms with van der Waals surface area (Å²) in [6.07, 6.45) is 2.34. The first-order valence-corrected chi connectivity index (χ1v) is 11.0. The first-order valence-electron chi connectivity index (χ1n) is 10.2. The average Bonchev–Trinajstić information content (AvgIpc) is 3.46. The van der Waals surface area contributed by atoms with Crippen molar-refractivity contribution in [2.75, 3.05) is 20.3 Å². The van der Waals surface area contributed by atoms with Crippen LogP contribution in [0.1, 0.15) is 60.4 Å². The van der Waals surface area contributed by atoms with Crippen LogP contribution in [0.2, 0.25) is 0 Å². The van der Waals surface area contributed by atoms with Gasteiger partial charge in [0, 0.05) is 38.7 Å². The molecular weight excluding hydrogens is 384 g/mol. The highest BCUT2D eigenvalue weighted by Gasteiger charge is 2.28. The van der Waals surface area contributed by atoms with Crippen LogP contribution < -0.4 is 5.56 Å². The molecule has 4 rings (SSSR count). The number of nitrogens with zero attached hydrogens (tertiary/aromatic N) is 4. The molecule has 0 spiro atoms. The van der Waals surface area contributed by atoms with Crippen LogP contribution in [0, 0.1) is 0 Å². The van der Waals surface area contributed by atoms with Crippen molar-refractivity contribution < 1.29 is 4.74 Å². The van der Waals surface area contributed by atoms with Crippen molar-refractivity contribution in [3.8, 4) is 0 Å². The number of fused-ring (bicyclic) bond motifs is 1. The maximum atomic E-state index is 12.5. The van der Waals surface area contributed by atoms with Gasteiger partial charge in [0.1, 0.15) is 5.01 Å². The van der Waals surface area contributed by atoms with Crippen LogP contribution in [-0.4, -0.2) is 39.8 Å². The Labute approximate surface area is 175 Å². The molecule has 1 aliphatic rings. The predicted octanol–water partition coefficient (Wildman–Crippen LogP) is 3.80. The second-order valence-electron chi connectivity index (χ2n) is 8.09. The van der Waals surface area contributed by atoms with Gasteiger partial charge in [-0.3, -0.25) is 9.69 Å². The summed E-state index contributed by atoms with van der Waals surface area (Å²) in [6, 6.07) is 10.4. The average molecular weight is 413 g/mol. The van der Waals surface area contributed by atoms with E-state index in [1.54, 1.807) is 24.5 Å². The van der Waals surface area contributed by atoms with Crippen molar-refractivity contribution in [3.63, 3.8) is 0 Å². The lowest BCUT2D eigenvalue weighted by Crippen LogP contribution is -2.28. The van der Waals surface area contributed by atoms with Gasteiger partial charge >= 0.3 is 0 Å². The minimum absolute atomic E-state index is 0.0962. The monoisotopic (exact) mass is 412 g/mol. The quantitative estimate of drug-likeness (QED) is 0.535. The van der Waals surface area contributed by atoms with Crippen molar-refractivity contribution in [2.24, 2.45) is 0 Å². The van der Waals surface area contributed by atoms with Crippen LogP contribution in [0.3, 0.4) is 0 Å². The zero-order valence-corrected chi connectivity index (χ0v) is 18.1. The van der Waals surface area contributed by atoms with Crippen LogP contribution in [0.25, 0.3) is 4.96 Å². The Balaban J connectivity index is 1.53. The van der Waals surface area contributed by atoms with Gasteiger partial charge in [-0.25, -0.2) is 4.98 Å². The SMILES string of the molecule is COCCN(Cc1ccc(C(C)C)cc1)Cc1cc(=O)n2nc(C3CC3)sc2n1. The molecule has 6 nitrogen and oxygen atoms in total. The molecule has 0 saturated heterocycles. The summed E-state index contributed by atoms with van der Waals surface area (Å²) >= 11 is 1.55. The molecular formula is C22H28N4O2S. The summed E-state index contributed by atoms with van der Waals surface area (Å²) < 4.78 is 6.74. The molecule has 1 fully saturated rings. The third kappa shape index (κ3) is 4.91. The number of aromatic nitrogens is 3. The molecule has 154 valence electrons. The number of hydrogen-bond donors (Lipinski definition) is 0. The standard InChI is InChI=1S/C22H28N4O2S/c1-15(2)17-6-4-16(5-7-17)13-25(10-11-28-3)14-19-12-20(27)26-22(23-19)29-21(24-26)18-8-9-18/h4-7,12,15,18H,8-11,13-14H2,1-3H3. The molecule has 2 heterocycles. The molecule has 0 atom stereocenters. The second-order valence-corrected chi connectivity index (χ2v) is 9.08. The summed E-state index contributed by atoms with van der Waals surface area (Å²) in [6.45, 7) is 7.22. The minimum Gasteiger partial charge on any atom is -0.383 e. The third-order valence-electron chi connectivity index (χ3n) is 5.29. The fourth-order valence-electron chi connectivity index (χ4n) is 3.38. The van der Waals surface area contributed by atoms with Crippen LogP contribution in [0.5, 0.6) is 0 Å². The van der Waals surface area contributed by atoms with E-state index in [0.29, 0.717) is 29.9 Å². The topological polar surface area (TPSA) is 59.7 Å². The first-order chi connectivity index (χ1) is 14.0. The summed E-state index contributed by atoms with van der Waals surface area (Å²) in [4.78, 5) is 20.2. The Bertz CT molecular complexity index is 1020. The van der Waals surface area contributed by atoms with Crippen LogP contribution in [0.15, 0.2) is 35.1 Å². The number of rotatable bonds is 9. The minimum atomic E-state index is -0.0962. The van der Waals surface area contributed by atoms with E-state index in [2.05, 4.69) is 48.1 Å². The second kappa shape index (κ2) is 8.73. The molecule has 29 heavy (non-hydrogen) atoms. The van der Waals surface area contributed by atoms with Gasteiger partial charge in [0.2, 0.25) is 4.96 Å². The molecule has 1 saturated carbocycles. The third-order valence-corrected chi connectivity index (χ3v) is 6.36. The van der Waals surface area contributed by atoms with E-state index < -0.39 is 0 Å². The largest absolute Gasteiger partial charge is 0.383 e. The number of ether oxygens (including phenoxy) is 1. The molecule has 3 aromatic rings. The molecule has 2 aromatic heterocycles. The summed E-state index contributed by atoms with van der Waals surface area (Å²) in [5.41, 5.74) is 3.28. The van der Waals surface area contributed by atoms with Crippen molar-refractivity contribution in [3.05, 3.63) is 62.5 Å². The molecule has 0 radical (unpaired) electrons. The lowest BCUT2D eigenvalue weighted by molar-refractivity contribution is 0.139. The van der Waals surface area contributed by atoms with Crippen molar-refractivity contribution >= 4 is 16.3 Å². The van der Waals surface area contributed by atoms with Gasteiger partial charge in [-0.05, 0) is 29.9 Å². The molecule has 0 N–H and O–H groups in total. The number of methoxy groups -OCH3 is 1. The van der Waals surface area contributed by atoms with Gasteiger partial charge in [0.15, 0.2) is 0 Å². The van der Waals surface area contributed by atoms with Crippen molar-refractivity contribution in [1.29, 1.82) is 0 Å². The Hall–Kier alpha value is -2.09. The summed E-state index contributed by atoms with van der Waals surface area (Å²) in [5, 5.41) is 5.50. The van der Waals surface area contributed by atoms with E-state index in [9.17, 15) is 4.79 Å². The molecule has 1 aromatic carbocycles. The van der Waals surface area contributed by atoms with E-state index in [1.165, 1.54) is 28.5 Å². The van der Waals surface area contributed by atoms with Gasteiger partial charge in [0.25, 0.3) is 5.56 Å². The molecule has 0 aliphatic heterocycles. The molecule has 7 heteroatoms. The molecule has 1 aliphatic carbocycles. The lowest BCUT2D eigenvalue weighted by Gasteiger charge is -2.22. The van der Waals surface area contributed by atoms with Gasteiger partial charge in [-0.2, -0.15) is 9.61 Å². The van der Waals surface area contributed by atoms with Crippen molar-refractivity contribution in [1.82, 2.24) is 19.5 Å². The van der Waals surface area contributed by atoms with E-state index in [0.717, 1.165) is 23.8 Å². The first kappa shape index (κ1) is 20.2. The van der Waals surface area contributed by atoms with Crippen LogP contribution >= 0.6 is 11.3 Å². The highest BCUT2D eigenvalue weighted by Crippen LogP contribution is 2.41. The van der Waals surface area contributed by atoms with E-state index in [1.807, 2.05) is 0 Å². The van der Waals surface area contributed by atoms with Crippen LogP contribution in [0.4, 0.5) is 0 Å². The summed E-state index contributed by atoms with van der Waals surface area (Å²) in [5.74, 6) is 1.05. The predicted molar refractivity (Wildman–Crippen MR) is 116 cm³/mol. The van der Waals surface area contributed by atoms with Crippen molar-refractivity contribution in [2.45, 2.75) is 51.6 Å². The fraction of sp³-hybridized carbons (Fsp3) is 0.500. The maximum Gasteiger partial charge on any atom is 0.275 e. The lowest BCUT2D eigenvalue weighted by atomic mass is 10.0. The summed E-state index contributed by atoms with van der Waals surface area (Å²) in [7, 11) is 1.71. The molecule has 0 unspecified atom stereocenters. The zero-order valence-electron chi connectivity index (χ0n) is 17.3. The van der Waals surface area contributed by atoms with Gasteiger partial charge in [-0.15, -0.1) is 0 Å². The highest BCUT2D eigenvalue weighted by molar-refractivity contribution is 7.16. The Morgan fingerprint density at radius 3 is 2.66 bits per heavy atom. The van der Waals surface area contributed by atoms with E-state index >= 15 is 0 Å². The smallest absolute Gasteiger partial charge is 0.275 e. The highest BCUT2D eigenvalue weighted by atomic mass is 32.1. The Morgan fingerprint density at radius 1 is 1.24 bits per heavy atom. The van der Waals surface area contributed by atoms with Gasteiger partial charge < -0.3 is 4.74 Å². The maximum absolute atomic E-state index is 12.5. The van der Waals surface area contributed by atoms with E-state index in [4.69, 9.17) is 9.72 Å². The molecule has 0 amide bonds. The molecule has 0 bridgehead atoms. The number of hydrogen-bond acceptors (Lipinski definition) is 6. The number of benzene rings is 1.